The van der Waals surface area contributed by atoms with E-state index in [1.54, 1.807) is 0 Å². The second-order valence-electron chi connectivity index (χ2n) is 12.0. The van der Waals surface area contributed by atoms with Gasteiger partial charge in [-0.2, -0.15) is 10.5 Å². The highest BCUT2D eigenvalue weighted by Crippen LogP contribution is 2.39. The summed E-state index contributed by atoms with van der Waals surface area (Å²) in [6, 6.07) is 58.9. The molecule has 0 fully saturated rings. The first-order chi connectivity index (χ1) is 23.7. The van der Waals surface area contributed by atoms with Crippen LogP contribution in [0, 0.1) is 22.7 Å². The number of fused-ring (bicyclic) bond motifs is 6. The van der Waals surface area contributed by atoms with Crippen LogP contribution in [0.5, 0.6) is 0 Å². The van der Waals surface area contributed by atoms with Gasteiger partial charge < -0.3 is 9.13 Å². The van der Waals surface area contributed by atoms with Gasteiger partial charge >= 0.3 is 0 Å². The molecule has 0 aliphatic carbocycles. The Balaban J connectivity index is 1.26. The van der Waals surface area contributed by atoms with Crippen LogP contribution in [-0.4, -0.2) is 9.13 Å². The number of nitriles is 2. The van der Waals surface area contributed by atoms with Crippen LogP contribution in [-0.2, 0) is 0 Å². The molecule has 48 heavy (non-hydrogen) atoms. The number of aromatic nitrogens is 2. The largest absolute Gasteiger partial charge is 0.309 e. The number of hydrogen-bond donors (Lipinski definition) is 0. The average Bonchev–Trinajstić information content (AvgIpc) is 3.67. The van der Waals surface area contributed by atoms with Gasteiger partial charge in [0.15, 0.2) is 0 Å². The molecule has 0 amide bonds. The topological polar surface area (TPSA) is 57.4 Å². The fourth-order valence-corrected chi connectivity index (χ4v) is 7.25. The lowest BCUT2D eigenvalue weighted by Gasteiger charge is -2.16. The van der Waals surface area contributed by atoms with Crippen LogP contribution in [0.15, 0.2) is 158 Å². The summed E-state index contributed by atoms with van der Waals surface area (Å²) in [6.45, 7) is 0. The Morgan fingerprint density at radius 2 is 0.896 bits per heavy atom. The smallest absolute Gasteiger partial charge is 0.0992 e. The maximum Gasteiger partial charge on any atom is 0.0992 e. The quantitative estimate of drug-likeness (QED) is 0.199. The highest BCUT2D eigenvalue weighted by atomic mass is 15.0. The van der Waals surface area contributed by atoms with Gasteiger partial charge in [-0.05, 0) is 89.5 Å². The summed E-state index contributed by atoms with van der Waals surface area (Å²) in [5.41, 5.74) is 11.3. The standard InChI is InChI=1S/C44H26N4/c45-27-29-20-21-44(48-42-18-7-3-14-37(42)38-15-4-8-19-43(38)48)39(24-29)33-23-30(28-46)22-32(25-33)31-10-9-11-34(26-31)47-40-16-5-1-12-35(40)36-13-2-6-17-41(36)47/h1-26H. The van der Waals surface area contributed by atoms with Crippen molar-refractivity contribution in [2.24, 2.45) is 0 Å². The summed E-state index contributed by atoms with van der Waals surface area (Å²) in [5, 5.41) is 25.0. The van der Waals surface area contributed by atoms with Gasteiger partial charge in [0.2, 0.25) is 0 Å². The van der Waals surface area contributed by atoms with Gasteiger partial charge in [-0.1, -0.05) is 84.9 Å². The zero-order valence-electron chi connectivity index (χ0n) is 25.8. The third kappa shape index (κ3) is 4.22. The molecule has 9 rings (SSSR count). The van der Waals surface area contributed by atoms with Gasteiger partial charge in [0.1, 0.15) is 0 Å². The predicted octanol–water partition coefficient (Wildman–Crippen LogP) is 11.0. The Kier molecular flexibility index (Phi) is 6.22. The lowest BCUT2D eigenvalue weighted by atomic mass is 9.94. The van der Waals surface area contributed by atoms with E-state index in [1.807, 2.05) is 30.3 Å². The fraction of sp³-hybridized carbons (Fsp3) is 0. The molecule has 0 bridgehead atoms. The van der Waals surface area contributed by atoms with Crippen molar-refractivity contribution in [3.05, 3.63) is 169 Å². The van der Waals surface area contributed by atoms with Crippen molar-refractivity contribution in [3.8, 4) is 45.8 Å². The van der Waals surface area contributed by atoms with E-state index in [4.69, 9.17) is 0 Å². The summed E-state index contributed by atoms with van der Waals surface area (Å²) >= 11 is 0. The molecule has 0 aliphatic heterocycles. The molecular formula is C44H26N4. The molecule has 7 aromatic carbocycles. The molecule has 0 spiro atoms. The number of para-hydroxylation sites is 4. The summed E-state index contributed by atoms with van der Waals surface area (Å²) < 4.78 is 4.57. The van der Waals surface area contributed by atoms with Crippen LogP contribution in [0.25, 0.3) is 77.2 Å². The number of rotatable bonds is 4. The van der Waals surface area contributed by atoms with Crippen LogP contribution < -0.4 is 0 Å². The number of nitrogens with zero attached hydrogens (tertiary/aromatic N) is 4. The van der Waals surface area contributed by atoms with Crippen molar-refractivity contribution in [3.63, 3.8) is 0 Å². The minimum Gasteiger partial charge on any atom is -0.309 e. The molecule has 0 aliphatic rings. The van der Waals surface area contributed by atoms with E-state index in [0.29, 0.717) is 11.1 Å². The molecule has 4 nitrogen and oxygen atoms in total. The molecule has 4 heteroatoms. The van der Waals surface area contributed by atoms with Crippen molar-refractivity contribution in [1.29, 1.82) is 10.5 Å². The molecule has 0 saturated heterocycles. The van der Waals surface area contributed by atoms with Gasteiger partial charge in [0, 0.05) is 32.8 Å². The zero-order chi connectivity index (χ0) is 32.2. The van der Waals surface area contributed by atoms with Gasteiger partial charge in [-0.25, -0.2) is 0 Å². The average molecular weight is 611 g/mol. The lowest BCUT2D eigenvalue weighted by Crippen LogP contribution is -1.99. The molecule has 0 unspecified atom stereocenters. The van der Waals surface area contributed by atoms with Crippen molar-refractivity contribution in [2.45, 2.75) is 0 Å². The minimum atomic E-state index is 0.556. The van der Waals surface area contributed by atoms with E-state index < -0.39 is 0 Å². The first-order valence-electron chi connectivity index (χ1n) is 15.9. The fourth-order valence-electron chi connectivity index (χ4n) is 7.25. The van der Waals surface area contributed by atoms with Crippen molar-refractivity contribution in [2.75, 3.05) is 0 Å². The highest BCUT2D eigenvalue weighted by molar-refractivity contribution is 6.10. The molecule has 0 N–H and O–H groups in total. The van der Waals surface area contributed by atoms with Crippen LogP contribution in [0.4, 0.5) is 0 Å². The summed E-state index contributed by atoms with van der Waals surface area (Å²) in [4.78, 5) is 0. The maximum atomic E-state index is 10.2. The van der Waals surface area contributed by atoms with E-state index >= 15 is 0 Å². The molecule has 0 atom stereocenters. The molecular weight excluding hydrogens is 585 g/mol. The normalized spacial score (nSPS) is 11.3. The number of benzene rings is 7. The minimum absolute atomic E-state index is 0.556. The van der Waals surface area contributed by atoms with Crippen molar-refractivity contribution < 1.29 is 0 Å². The van der Waals surface area contributed by atoms with Crippen LogP contribution in [0.3, 0.4) is 0 Å². The molecule has 0 radical (unpaired) electrons. The predicted molar refractivity (Wildman–Crippen MR) is 195 cm³/mol. The Hall–Kier alpha value is -6.88. The Morgan fingerprint density at radius 3 is 1.46 bits per heavy atom. The van der Waals surface area contributed by atoms with Crippen LogP contribution >= 0.6 is 0 Å². The van der Waals surface area contributed by atoms with E-state index in [2.05, 4.69) is 149 Å². The molecule has 2 aromatic heterocycles. The van der Waals surface area contributed by atoms with E-state index in [1.165, 1.54) is 10.8 Å². The Morgan fingerprint density at radius 1 is 0.375 bits per heavy atom. The highest BCUT2D eigenvalue weighted by Gasteiger charge is 2.18. The summed E-state index contributed by atoms with van der Waals surface area (Å²) in [5.74, 6) is 0. The lowest BCUT2D eigenvalue weighted by molar-refractivity contribution is 1.18. The van der Waals surface area contributed by atoms with E-state index in [9.17, 15) is 10.5 Å². The van der Waals surface area contributed by atoms with Gasteiger partial charge in [0.05, 0.1) is 51.0 Å². The maximum absolute atomic E-state index is 10.2. The third-order valence-electron chi connectivity index (χ3n) is 9.34. The monoisotopic (exact) mass is 610 g/mol. The third-order valence-corrected chi connectivity index (χ3v) is 9.34. The number of hydrogen-bond acceptors (Lipinski definition) is 2. The summed E-state index contributed by atoms with van der Waals surface area (Å²) in [6.07, 6.45) is 0. The van der Waals surface area contributed by atoms with Crippen molar-refractivity contribution >= 4 is 43.6 Å². The summed E-state index contributed by atoms with van der Waals surface area (Å²) in [7, 11) is 0. The Bertz CT molecular complexity index is 2710. The van der Waals surface area contributed by atoms with Gasteiger partial charge in [-0.15, -0.1) is 0 Å². The SMILES string of the molecule is N#Cc1cc(-c2cccc(-n3c4ccccc4c4ccccc43)c2)cc(-c2cc(C#N)ccc2-n2c3ccccc3c3ccccc32)c1. The van der Waals surface area contributed by atoms with E-state index in [-0.39, 0.29) is 0 Å². The van der Waals surface area contributed by atoms with Crippen LogP contribution in [0.1, 0.15) is 11.1 Å². The molecule has 0 saturated carbocycles. The molecule has 9 aromatic rings. The van der Waals surface area contributed by atoms with Crippen molar-refractivity contribution in [1.82, 2.24) is 9.13 Å². The first-order valence-corrected chi connectivity index (χ1v) is 15.9. The second kappa shape index (κ2) is 10.9. The molecule has 222 valence electrons. The van der Waals surface area contributed by atoms with E-state index in [0.717, 1.165) is 66.5 Å². The Labute approximate surface area is 277 Å². The second-order valence-corrected chi connectivity index (χ2v) is 12.0. The van der Waals surface area contributed by atoms with Gasteiger partial charge in [0.25, 0.3) is 0 Å². The first kappa shape index (κ1) is 27.4. The van der Waals surface area contributed by atoms with Crippen LogP contribution in [0.2, 0.25) is 0 Å². The zero-order valence-corrected chi connectivity index (χ0v) is 25.8. The van der Waals surface area contributed by atoms with Gasteiger partial charge in [-0.3, -0.25) is 0 Å². The molecule has 2 heterocycles.